The summed E-state index contributed by atoms with van der Waals surface area (Å²) < 4.78 is 38.5. The summed E-state index contributed by atoms with van der Waals surface area (Å²) in [6.45, 7) is 6.61. The van der Waals surface area contributed by atoms with E-state index in [1.54, 1.807) is 12.1 Å². The predicted molar refractivity (Wildman–Crippen MR) is 70.7 cm³/mol. The minimum atomic E-state index is -4.46. The maximum absolute atomic E-state index is 12.5. The van der Waals surface area contributed by atoms with Gasteiger partial charge in [-0.1, -0.05) is 0 Å². The number of hydrogen-bond donors (Lipinski definition) is 1. The van der Waals surface area contributed by atoms with E-state index in [-0.39, 0.29) is 11.4 Å². The van der Waals surface area contributed by atoms with Gasteiger partial charge in [-0.3, -0.25) is 0 Å². The summed E-state index contributed by atoms with van der Waals surface area (Å²) in [6.07, 6.45) is -3.25. The van der Waals surface area contributed by atoms with Crippen molar-refractivity contribution in [1.82, 2.24) is 25.3 Å². The Balaban J connectivity index is 2.10. The molecule has 0 fully saturated rings. The average molecular weight is 299 g/mol. The topological polar surface area (TPSA) is 55.6 Å². The van der Waals surface area contributed by atoms with Crippen molar-refractivity contribution in [1.29, 1.82) is 0 Å². The van der Waals surface area contributed by atoms with Crippen LogP contribution in [0.1, 0.15) is 32.2 Å². The number of alkyl halides is 3. The molecule has 0 aliphatic heterocycles. The number of nitrogens with one attached hydrogen (secondary N) is 1. The molecule has 2 heterocycles. The van der Waals surface area contributed by atoms with Crippen LogP contribution in [0.15, 0.2) is 24.4 Å². The molecule has 21 heavy (non-hydrogen) atoms. The third-order valence-corrected chi connectivity index (χ3v) is 2.62. The molecule has 0 amide bonds. The Morgan fingerprint density at radius 1 is 1.10 bits per heavy atom. The second kappa shape index (κ2) is 5.44. The molecular weight excluding hydrogens is 283 g/mol. The number of rotatable bonds is 3. The molecule has 1 N–H and O–H groups in total. The van der Waals surface area contributed by atoms with Crippen LogP contribution in [0.2, 0.25) is 0 Å². The zero-order valence-electron chi connectivity index (χ0n) is 11.9. The van der Waals surface area contributed by atoms with E-state index in [0.717, 1.165) is 10.7 Å². The molecule has 5 nitrogen and oxygen atoms in total. The summed E-state index contributed by atoms with van der Waals surface area (Å²) in [6, 6.07) is 4.19. The summed E-state index contributed by atoms with van der Waals surface area (Å²) in [5.74, 6) is 0.241. The van der Waals surface area contributed by atoms with Gasteiger partial charge in [-0.25, -0.2) is 4.68 Å². The van der Waals surface area contributed by atoms with Gasteiger partial charge in [-0.05, 0) is 39.0 Å². The van der Waals surface area contributed by atoms with Gasteiger partial charge in [0.1, 0.15) is 0 Å². The van der Waals surface area contributed by atoms with Crippen LogP contribution in [-0.4, -0.2) is 25.5 Å². The van der Waals surface area contributed by atoms with Crippen LogP contribution < -0.4 is 5.32 Å². The molecule has 8 heteroatoms. The standard InChI is InChI=1S/C13H16F3N5/c1-12(2,3)17-8-9-4-5-11(19-18-9)21-7-6-10(20-21)13(14,15)16/h4-7,17H,8H2,1-3H3. The third kappa shape index (κ3) is 4.25. The van der Waals surface area contributed by atoms with E-state index in [1.807, 2.05) is 20.8 Å². The first kappa shape index (κ1) is 15.4. The minimum Gasteiger partial charge on any atom is -0.306 e. The highest BCUT2D eigenvalue weighted by Crippen LogP contribution is 2.27. The van der Waals surface area contributed by atoms with Gasteiger partial charge in [-0.15, -0.1) is 5.10 Å². The predicted octanol–water partition coefficient (Wildman–Crippen LogP) is 2.57. The molecule has 0 aromatic carbocycles. The largest absolute Gasteiger partial charge is 0.435 e. The molecule has 0 atom stereocenters. The number of halogens is 3. The van der Waals surface area contributed by atoms with E-state index in [1.165, 1.54) is 6.20 Å². The van der Waals surface area contributed by atoms with Crippen LogP contribution in [-0.2, 0) is 12.7 Å². The van der Waals surface area contributed by atoms with E-state index in [2.05, 4.69) is 20.6 Å². The maximum Gasteiger partial charge on any atom is 0.435 e. The monoisotopic (exact) mass is 299 g/mol. The van der Waals surface area contributed by atoms with Crippen LogP contribution in [0.3, 0.4) is 0 Å². The van der Waals surface area contributed by atoms with Gasteiger partial charge >= 0.3 is 6.18 Å². The summed E-state index contributed by atoms with van der Waals surface area (Å²) >= 11 is 0. The Kier molecular flexibility index (Phi) is 3.99. The van der Waals surface area contributed by atoms with E-state index < -0.39 is 11.9 Å². The van der Waals surface area contributed by atoms with E-state index in [0.29, 0.717) is 12.2 Å². The number of nitrogens with zero attached hydrogens (tertiary/aromatic N) is 4. The van der Waals surface area contributed by atoms with Gasteiger partial charge in [0.2, 0.25) is 0 Å². The van der Waals surface area contributed by atoms with Crippen molar-refractivity contribution in [3.8, 4) is 5.82 Å². The van der Waals surface area contributed by atoms with Crippen molar-refractivity contribution in [3.05, 3.63) is 35.8 Å². The van der Waals surface area contributed by atoms with Crippen LogP contribution in [0.4, 0.5) is 13.2 Å². The van der Waals surface area contributed by atoms with Crippen molar-refractivity contribution in [2.24, 2.45) is 0 Å². The molecule has 0 saturated heterocycles. The van der Waals surface area contributed by atoms with Gasteiger partial charge in [0.25, 0.3) is 0 Å². The molecule has 0 spiro atoms. The molecule has 0 unspecified atom stereocenters. The van der Waals surface area contributed by atoms with Crippen molar-refractivity contribution >= 4 is 0 Å². The van der Waals surface area contributed by atoms with Crippen molar-refractivity contribution < 1.29 is 13.2 Å². The molecule has 0 aliphatic carbocycles. The van der Waals surface area contributed by atoms with Crippen LogP contribution in [0.5, 0.6) is 0 Å². The molecule has 0 aliphatic rings. The zero-order valence-corrected chi connectivity index (χ0v) is 11.9. The maximum atomic E-state index is 12.5. The van der Waals surface area contributed by atoms with E-state index in [4.69, 9.17) is 0 Å². The molecule has 0 bridgehead atoms. The second-order valence-corrected chi connectivity index (χ2v) is 5.63. The zero-order chi connectivity index (χ0) is 15.7. The Hall–Kier alpha value is -1.96. The van der Waals surface area contributed by atoms with Gasteiger partial charge in [-0.2, -0.15) is 23.4 Å². The lowest BCUT2D eigenvalue weighted by molar-refractivity contribution is -0.141. The molecule has 2 aromatic heterocycles. The van der Waals surface area contributed by atoms with Crippen molar-refractivity contribution in [2.45, 2.75) is 39.0 Å². The summed E-state index contributed by atoms with van der Waals surface area (Å²) in [5, 5.41) is 14.6. The highest BCUT2D eigenvalue weighted by molar-refractivity contribution is 5.22. The fraction of sp³-hybridized carbons (Fsp3) is 0.462. The summed E-state index contributed by atoms with van der Waals surface area (Å²) in [7, 11) is 0. The third-order valence-electron chi connectivity index (χ3n) is 2.62. The molecular formula is C13H16F3N5. The number of hydrogen-bond acceptors (Lipinski definition) is 4. The van der Waals surface area contributed by atoms with Gasteiger partial charge in [0.15, 0.2) is 11.5 Å². The first-order chi connectivity index (χ1) is 9.65. The fourth-order valence-electron chi connectivity index (χ4n) is 1.53. The van der Waals surface area contributed by atoms with E-state index >= 15 is 0 Å². The first-order valence-corrected chi connectivity index (χ1v) is 6.36. The van der Waals surface area contributed by atoms with Crippen LogP contribution in [0.25, 0.3) is 5.82 Å². The smallest absolute Gasteiger partial charge is 0.306 e. The Morgan fingerprint density at radius 3 is 2.29 bits per heavy atom. The Morgan fingerprint density at radius 2 is 1.81 bits per heavy atom. The van der Waals surface area contributed by atoms with Gasteiger partial charge in [0.05, 0.1) is 5.69 Å². The van der Waals surface area contributed by atoms with Crippen LogP contribution >= 0.6 is 0 Å². The average Bonchev–Trinajstić information content (AvgIpc) is 2.85. The van der Waals surface area contributed by atoms with Gasteiger partial charge in [0, 0.05) is 18.3 Å². The first-order valence-electron chi connectivity index (χ1n) is 6.36. The molecule has 0 radical (unpaired) electrons. The normalized spacial score (nSPS) is 12.7. The highest BCUT2D eigenvalue weighted by Gasteiger charge is 2.33. The molecule has 0 saturated carbocycles. The van der Waals surface area contributed by atoms with E-state index in [9.17, 15) is 13.2 Å². The summed E-state index contributed by atoms with van der Waals surface area (Å²) in [5.41, 5.74) is -0.302. The minimum absolute atomic E-state index is 0.0516. The van der Waals surface area contributed by atoms with Crippen molar-refractivity contribution in [2.75, 3.05) is 0 Å². The van der Waals surface area contributed by atoms with Gasteiger partial charge < -0.3 is 5.32 Å². The van der Waals surface area contributed by atoms with Crippen molar-refractivity contribution in [3.63, 3.8) is 0 Å². The Bertz CT molecular complexity index is 596. The Labute approximate surface area is 120 Å². The quantitative estimate of drug-likeness (QED) is 0.946. The molecule has 2 rings (SSSR count). The lowest BCUT2D eigenvalue weighted by atomic mass is 10.1. The lowest BCUT2D eigenvalue weighted by Crippen LogP contribution is -2.35. The fourth-order valence-corrected chi connectivity index (χ4v) is 1.53. The highest BCUT2D eigenvalue weighted by atomic mass is 19.4. The SMILES string of the molecule is CC(C)(C)NCc1ccc(-n2ccc(C(F)(F)F)n2)nn1. The summed E-state index contributed by atoms with van der Waals surface area (Å²) in [4.78, 5) is 0. The second-order valence-electron chi connectivity index (χ2n) is 5.63. The lowest BCUT2D eigenvalue weighted by Gasteiger charge is -2.19. The number of aromatic nitrogens is 4. The molecule has 114 valence electrons. The molecule has 2 aromatic rings. The van der Waals surface area contributed by atoms with Crippen LogP contribution in [0, 0.1) is 0 Å².